The number of H-pyrrole nitrogens is 1. The number of nitrogens with zero attached hydrogens (tertiary/aromatic N) is 1. The van der Waals surface area contributed by atoms with Crippen LogP contribution < -0.4 is 10.3 Å². The van der Waals surface area contributed by atoms with Crippen molar-refractivity contribution in [3.05, 3.63) is 40.7 Å². The number of fused-ring (bicyclic) bond motifs is 1. The molecule has 2 aromatic rings. The third-order valence-electron chi connectivity index (χ3n) is 7.71. The quantitative estimate of drug-likeness (QED) is 0.336. The van der Waals surface area contributed by atoms with E-state index >= 15 is 0 Å². The summed E-state index contributed by atoms with van der Waals surface area (Å²) in [6, 6.07) is 9.61. The largest absolute Gasteiger partial charge is 0.494 e. The van der Waals surface area contributed by atoms with E-state index in [1.165, 1.54) is 38.2 Å². The van der Waals surface area contributed by atoms with E-state index in [4.69, 9.17) is 16.3 Å². The van der Waals surface area contributed by atoms with Gasteiger partial charge in [0, 0.05) is 23.4 Å². The molecule has 174 valence electrons. The second kappa shape index (κ2) is 10.4. The van der Waals surface area contributed by atoms with Crippen LogP contribution in [-0.2, 0) is 4.79 Å². The lowest BCUT2D eigenvalue weighted by atomic mass is 9.85. The van der Waals surface area contributed by atoms with Gasteiger partial charge in [-0.05, 0) is 69.2 Å². The predicted octanol–water partition coefficient (Wildman–Crippen LogP) is 5.54. The van der Waals surface area contributed by atoms with Gasteiger partial charge in [-0.2, -0.15) is 0 Å². The summed E-state index contributed by atoms with van der Waals surface area (Å²) in [5.41, 5.74) is 0.685. The molecule has 1 amide bonds. The molecule has 1 aromatic carbocycles. The number of benzene rings is 1. The number of ether oxygens (including phenoxy) is 1. The number of nitrogens with one attached hydrogen (secondary N) is 1. The van der Waals surface area contributed by atoms with Crippen molar-refractivity contribution in [2.75, 3.05) is 13.7 Å². The number of hydrogen-bond acceptors (Lipinski definition) is 3. The molecule has 0 bridgehead atoms. The van der Waals surface area contributed by atoms with E-state index in [-0.39, 0.29) is 17.0 Å². The van der Waals surface area contributed by atoms with Crippen LogP contribution in [-0.4, -0.2) is 46.5 Å². The van der Waals surface area contributed by atoms with Crippen molar-refractivity contribution in [2.45, 2.75) is 88.1 Å². The molecule has 0 radical (unpaired) electrons. The molecule has 0 aliphatic heterocycles. The van der Waals surface area contributed by atoms with Gasteiger partial charge < -0.3 is 9.72 Å². The van der Waals surface area contributed by atoms with Crippen molar-refractivity contribution in [3.63, 3.8) is 0 Å². The smallest absolute Gasteiger partial charge is 0.314 e. The maximum absolute atomic E-state index is 13.7. The van der Waals surface area contributed by atoms with Gasteiger partial charge in [0.05, 0.1) is 31.5 Å². The molecule has 0 saturated heterocycles. The van der Waals surface area contributed by atoms with Crippen LogP contribution in [0.4, 0.5) is 0 Å². The first kappa shape index (κ1) is 23.3. The number of quaternary nitrogens is 1. The Morgan fingerprint density at radius 1 is 1.06 bits per heavy atom. The summed E-state index contributed by atoms with van der Waals surface area (Å²) in [6.07, 6.45) is 11.7. The fourth-order valence-corrected chi connectivity index (χ4v) is 6.34. The van der Waals surface area contributed by atoms with E-state index in [9.17, 15) is 9.59 Å². The summed E-state index contributed by atoms with van der Waals surface area (Å²) >= 11 is 6.81. The van der Waals surface area contributed by atoms with Crippen molar-refractivity contribution in [3.8, 4) is 5.75 Å². The number of carbonyl (C=O) groups is 1. The van der Waals surface area contributed by atoms with Crippen LogP contribution in [0.5, 0.6) is 5.75 Å². The highest BCUT2D eigenvalue weighted by atomic mass is 35.5. The topological polar surface area (TPSA) is 59.2 Å². The fraction of sp³-hybridized carbons (Fsp3) is 0.615. The first-order valence-corrected chi connectivity index (χ1v) is 12.7. The number of halogens is 1. The number of pyridine rings is 1. The first-order chi connectivity index (χ1) is 15.5. The number of aromatic amines is 1. The normalized spacial score (nSPS) is 24.2. The number of rotatable bonds is 7. The van der Waals surface area contributed by atoms with Crippen molar-refractivity contribution in [1.82, 2.24) is 4.98 Å². The Hall–Kier alpha value is -1.85. The molecule has 1 N–H and O–H groups in total. The Morgan fingerprint density at radius 3 is 2.59 bits per heavy atom. The summed E-state index contributed by atoms with van der Waals surface area (Å²) in [5, 5.41) is 1.03. The van der Waals surface area contributed by atoms with E-state index in [1.54, 1.807) is 6.07 Å². The molecule has 32 heavy (non-hydrogen) atoms. The highest BCUT2D eigenvalue weighted by molar-refractivity contribution is 6.21. The molecular weight excluding hydrogens is 424 g/mol. The van der Waals surface area contributed by atoms with Gasteiger partial charge in [-0.1, -0.05) is 12.8 Å². The van der Waals surface area contributed by atoms with Crippen LogP contribution in [0.1, 0.15) is 70.6 Å². The minimum atomic E-state index is -0.110. The van der Waals surface area contributed by atoms with Gasteiger partial charge >= 0.3 is 5.91 Å². The van der Waals surface area contributed by atoms with Gasteiger partial charge in [0.2, 0.25) is 5.56 Å². The zero-order chi connectivity index (χ0) is 22.6. The zero-order valence-corrected chi connectivity index (χ0v) is 19.9. The third-order valence-corrected chi connectivity index (χ3v) is 8.21. The monoisotopic (exact) mass is 459 g/mol. The van der Waals surface area contributed by atoms with Crippen molar-refractivity contribution in [1.29, 1.82) is 0 Å². The number of hydrogen-bond donors (Lipinski definition) is 1. The van der Waals surface area contributed by atoms with Crippen molar-refractivity contribution >= 4 is 28.4 Å². The lowest BCUT2D eigenvalue weighted by Gasteiger charge is -2.49. The van der Waals surface area contributed by atoms with E-state index in [2.05, 4.69) is 12.0 Å². The number of alkyl halides is 1. The molecule has 2 aliphatic carbocycles. The lowest BCUT2D eigenvalue weighted by molar-refractivity contribution is -0.888. The van der Waals surface area contributed by atoms with Crippen LogP contribution in [0.15, 0.2) is 35.1 Å². The van der Waals surface area contributed by atoms with Crippen LogP contribution in [0, 0.1) is 0 Å². The third kappa shape index (κ3) is 5.04. The van der Waals surface area contributed by atoms with Gasteiger partial charge in [0.25, 0.3) is 0 Å². The molecule has 3 atom stereocenters. The summed E-state index contributed by atoms with van der Waals surface area (Å²) in [7, 11) is 2.18. The number of aromatic nitrogens is 1. The molecule has 2 saturated carbocycles. The van der Waals surface area contributed by atoms with Gasteiger partial charge in [-0.25, -0.2) is 4.79 Å². The predicted molar refractivity (Wildman–Crippen MR) is 129 cm³/mol. The SMILES string of the molecule is C[N+](C(=O)CCCOc1ccc2[nH]c(=O)ccc2c1)(C1CCCCC1)C1CCCCC1Cl. The lowest BCUT2D eigenvalue weighted by Crippen LogP contribution is -2.65. The molecule has 6 heteroatoms. The second-order valence-corrected chi connectivity index (χ2v) is 10.3. The van der Waals surface area contributed by atoms with Crippen LogP contribution in [0.3, 0.4) is 0 Å². The van der Waals surface area contributed by atoms with Crippen LogP contribution in [0.2, 0.25) is 0 Å². The van der Waals surface area contributed by atoms with E-state index in [0.29, 0.717) is 35.9 Å². The first-order valence-electron chi connectivity index (χ1n) is 12.3. The Balaban J connectivity index is 1.38. The minimum Gasteiger partial charge on any atom is -0.494 e. The Kier molecular flexibility index (Phi) is 7.57. The molecule has 4 rings (SSSR count). The zero-order valence-electron chi connectivity index (χ0n) is 19.2. The Morgan fingerprint density at radius 2 is 1.81 bits per heavy atom. The summed E-state index contributed by atoms with van der Waals surface area (Å²) < 4.78 is 6.47. The Bertz CT molecular complexity index is 984. The minimum absolute atomic E-state index is 0.0971. The highest BCUT2D eigenvalue weighted by Crippen LogP contribution is 2.38. The summed E-state index contributed by atoms with van der Waals surface area (Å²) in [6.45, 7) is 0.500. The number of amides is 1. The molecule has 2 fully saturated rings. The summed E-state index contributed by atoms with van der Waals surface area (Å²) in [4.78, 5) is 27.9. The van der Waals surface area contributed by atoms with E-state index in [0.717, 1.165) is 42.3 Å². The Labute approximate surface area is 195 Å². The maximum Gasteiger partial charge on any atom is 0.314 e. The summed E-state index contributed by atoms with van der Waals surface area (Å²) in [5.74, 6) is 1.09. The molecule has 5 nitrogen and oxygen atoms in total. The van der Waals surface area contributed by atoms with Crippen LogP contribution >= 0.6 is 11.6 Å². The van der Waals surface area contributed by atoms with E-state index in [1.807, 2.05) is 18.2 Å². The van der Waals surface area contributed by atoms with Gasteiger partial charge in [0.15, 0.2) is 0 Å². The number of carbonyl (C=O) groups excluding carboxylic acids is 1. The average Bonchev–Trinajstić information content (AvgIpc) is 2.82. The van der Waals surface area contributed by atoms with Gasteiger partial charge in [0.1, 0.15) is 11.8 Å². The second-order valence-electron chi connectivity index (χ2n) is 9.72. The van der Waals surface area contributed by atoms with Crippen LogP contribution in [0.25, 0.3) is 10.9 Å². The highest BCUT2D eigenvalue weighted by Gasteiger charge is 2.49. The molecule has 1 heterocycles. The van der Waals surface area contributed by atoms with Crippen molar-refractivity contribution < 1.29 is 14.0 Å². The molecular formula is C26H36ClN2O3+. The fourth-order valence-electron chi connectivity index (χ4n) is 5.82. The molecule has 2 aliphatic rings. The average molecular weight is 460 g/mol. The molecule has 1 aromatic heterocycles. The van der Waals surface area contributed by atoms with Crippen molar-refractivity contribution in [2.24, 2.45) is 0 Å². The molecule has 3 unspecified atom stereocenters. The van der Waals surface area contributed by atoms with Gasteiger partial charge in [-0.3, -0.25) is 9.28 Å². The van der Waals surface area contributed by atoms with Gasteiger partial charge in [-0.15, -0.1) is 11.6 Å². The molecule has 0 spiro atoms. The van der Waals surface area contributed by atoms with E-state index < -0.39 is 0 Å². The maximum atomic E-state index is 13.7. The standard InChI is InChI=1S/C26H35ClN2O3/c1-29(20-8-3-2-4-9-20,24-11-6-5-10-22(24)27)26(31)12-7-17-32-21-14-15-23-19(18-21)13-16-25(30)28-23/h13-16,18,20,22,24H,2-12,17H2,1H3/p+1.